The van der Waals surface area contributed by atoms with Crippen LogP contribution in [0, 0.1) is 19.3 Å². The van der Waals surface area contributed by atoms with E-state index in [4.69, 9.17) is 9.97 Å². The highest BCUT2D eigenvalue weighted by molar-refractivity contribution is 5.78. The largest absolute Gasteiger partial charge is 0.281 e. The van der Waals surface area contributed by atoms with Gasteiger partial charge in [0.05, 0.1) is 0 Å². The SMILES string of the molecule is CCc1ccc(-n2c(CC(C)(C)C)nc3c(C)cc(C)nc32)cc1. The summed E-state index contributed by atoms with van der Waals surface area (Å²) in [6.45, 7) is 13.1. The Morgan fingerprint density at radius 2 is 1.67 bits per heavy atom. The molecule has 3 nitrogen and oxygen atoms in total. The van der Waals surface area contributed by atoms with Crippen molar-refractivity contribution < 1.29 is 0 Å². The van der Waals surface area contributed by atoms with Crippen LogP contribution in [0.5, 0.6) is 0 Å². The number of pyridine rings is 1. The third-order valence-electron chi connectivity index (χ3n) is 4.29. The number of hydrogen-bond donors (Lipinski definition) is 0. The molecule has 3 rings (SSSR count). The summed E-state index contributed by atoms with van der Waals surface area (Å²) in [5, 5.41) is 0. The summed E-state index contributed by atoms with van der Waals surface area (Å²) >= 11 is 0. The van der Waals surface area contributed by atoms with Gasteiger partial charge in [-0.3, -0.25) is 4.57 Å². The molecule has 0 N–H and O–H groups in total. The van der Waals surface area contributed by atoms with Crippen molar-refractivity contribution in [3.63, 3.8) is 0 Å². The van der Waals surface area contributed by atoms with Crippen molar-refractivity contribution in [1.29, 1.82) is 0 Å². The molecule has 2 aromatic heterocycles. The fourth-order valence-electron chi connectivity index (χ4n) is 3.15. The molecule has 3 heteroatoms. The van der Waals surface area contributed by atoms with Gasteiger partial charge in [-0.05, 0) is 55.0 Å². The summed E-state index contributed by atoms with van der Waals surface area (Å²) in [4.78, 5) is 9.76. The minimum absolute atomic E-state index is 0.172. The number of aromatic nitrogens is 3. The molecule has 24 heavy (non-hydrogen) atoms. The maximum absolute atomic E-state index is 4.96. The van der Waals surface area contributed by atoms with Crippen molar-refractivity contribution in [3.05, 3.63) is 53.0 Å². The first-order chi connectivity index (χ1) is 11.3. The van der Waals surface area contributed by atoms with Crippen molar-refractivity contribution in [3.8, 4) is 5.69 Å². The molecule has 0 atom stereocenters. The fraction of sp³-hybridized carbons (Fsp3) is 0.429. The Labute approximate surface area is 144 Å². The molecule has 2 heterocycles. The topological polar surface area (TPSA) is 30.7 Å². The Morgan fingerprint density at radius 1 is 1.00 bits per heavy atom. The maximum atomic E-state index is 4.96. The monoisotopic (exact) mass is 321 g/mol. The highest BCUT2D eigenvalue weighted by Gasteiger charge is 2.21. The number of fused-ring (bicyclic) bond motifs is 1. The molecule has 0 spiro atoms. The fourth-order valence-corrected chi connectivity index (χ4v) is 3.15. The Morgan fingerprint density at radius 3 is 2.25 bits per heavy atom. The van der Waals surface area contributed by atoms with E-state index in [1.807, 2.05) is 6.92 Å². The van der Waals surface area contributed by atoms with Gasteiger partial charge in [-0.1, -0.05) is 39.8 Å². The van der Waals surface area contributed by atoms with Gasteiger partial charge in [0.2, 0.25) is 0 Å². The molecule has 0 aliphatic carbocycles. The first-order valence-corrected chi connectivity index (χ1v) is 8.73. The molecule has 0 saturated heterocycles. The predicted molar refractivity (Wildman–Crippen MR) is 101 cm³/mol. The van der Waals surface area contributed by atoms with E-state index in [1.54, 1.807) is 0 Å². The van der Waals surface area contributed by atoms with E-state index in [0.717, 1.165) is 41.2 Å². The van der Waals surface area contributed by atoms with Crippen LogP contribution in [0.1, 0.15) is 50.3 Å². The lowest BCUT2D eigenvalue weighted by atomic mass is 9.92. The third-order valence-corrected chi connectivity index (χ3v) is 4.29. The zero-order chi connectivity index (χ0) is 17.5. The van der Waals surface area contributed by atoms with Gasteiger partial charge in [-0.2, -0.15) is 0 Å². The van der Waals surface area contributed by atoms with E-state index in [-0.39, 0.29) is 5.41 Å². The van der Waals surface area contributed by atoms with E-state index in [2.05, 4.69) is 69.5 Å². The Kier molecular flexibility index (Phi) is 4.20. The van der Waals surface area contributed by atoms with Crippen LogP contribution in [0.4, 0.5) is 0 Å². The summed E-state index contributed by atoms with van der Waals surface area (Å²) < 4.78 is 2.24. The van der Waals surface area contributed by atoms with Crippen LogP contribution < -0.4 is 0 Å². The molecule has 126 valence electrons. The van der Waals surface area contributed by atoms with E-state index in [9.17, 15) is 0 Å². The smallest absolute Gasteiger partial charge is 0.165 e. The highest BCUT2D eigenvalue weighted by Crippen LogP contribution is 2.28. The van der Waals surface area contributed by atoms with Gasteiger partial charge in [-0.25, -0.2) is 9.97 Å². The number of hydrogen-bond acceptors (Lipinski definition) is 2. The van der Waals surface area contributed by atoms with E-state index >= 15 is 0 Å². The highest BCUT2D eigenvalue weighted by atomic mass is 15.1. The van der Waals surface area contributed by atoms with Gasteiger partial charge >= 0.3 is 0 Å². The zero-order valence-electron chi connectivity index (χ0n) is 15.6. The minimum Gasteiger partial charge on any atom is -0.281 e. The quantitative estimate of drug-likeness (QED) is 0.665. The lowest BCUT2D eigenvalue weighted by molar-refractivity contribution is 0.399. The Balaban J connectivity index is 2.26. The van der Waals surface area contributed by atoms with Gasteiger partial charge in [0.25, 0.3) is 0 Å². The predicted octanol–water partition coefficient (Wildman–Crippen LogP) is 5.19. The third kappa shape index (κ3) is 3.21. The standard InChI is InChI=1S/C21H27N3/c1-7-16-8-10-17(11-9-16)24-18(13-21(4,5)6)23-19-14(2)12-15(3)22-20(19)24/h8-12H,7,13H2,1-6H3. The summed E-state index contributed by atoms with van der Waals surface area (Å²) in [6, 6.07) is 10.9. The second-order valence-corrected chi connectivity index (χ2v) is 7.87. The van der Waals surface area contributed by atoms with Crippen LogP contribution >= 0.6 is 0 Å². The molecule has 0 fully saturated rings. The Hall–Kier alpha value is -2.16. The molecule has 0 saturated carbocycles. The number of benzene rings is 1. The average molecular weight is 321 g/mol. The zero-order valence-corrected chi connectivity index (χ0v) is 15.6. The van der Waals surface area contributed by atoms with Gasteiger partial charge < -0.3 is 0 Å². The van der Waals surface area contributed by atoms with Gasteiger partial charge in [-0.15, -0.1) is 0 Å². The number of rotatable bonds is 3. The summed E-state index contributed by atoms with van der Waals surface area (Å²) in [7, 11) is 0. The molecule has 0 radical (unpaired) electrons. The van der Waals surface area contributed by atoms with Crippen LogP contribution in [0.3, 0.4) is 0 Å². The van der Waals surface area contributed by atoms with Crippen molar-refractivity contribution in [2.24, 2.45) is 5.41 Å². The van der Waals surface area contributed by atoms with Crippen molar-refractivity contribution in [1.82, 2.24) is 14.5 Å². The minimum atomic E-state index is 0.172. The van der Waals surface area contributed by atoms with Crippen LogP contribution in [0.25, 0.3) is 16.9 Å². The van der Waals surface area contributed by atoms with Crippen LogP contribution in [0.15, 0.2) is 30.3 Å². The lowest BCUT2D eigenvalue weighted by Crippen LogP contribution is -2.14. The maximum Gasteiger partial charge on any atom is 0.165 e. The van der Waals surface area contributed by atoms with E-state index in [0.29, 0.717) is 0 Å². The average Bonchev–Trinajstić information content (AvgIpc) is 2.83. The second-order valence-electron chi connectivity index (χ2n) is 7.87. The molecule has 0 aliphatic heterocycles. The van der Waals surface area contributed by atoms with Gasteiger partial charge in [0, 0.05) is 17.8 Å². The van der Waals surface area contributed by atoms with E-state index in [1.165, 1.54) is 11.1 Å². The van der Waals surface area contributed by atoms with Gasteiger partial charge in [0.15, 0.2) is 5.65 Å². The van der Waals surface area contributed by atoms with Gasteiger partial charge in [0.1, 0.15) is 11.3 Å². The first kappa shape index (κ1) is 16.7. The molecule has 1 aromatic carbocycles. The van der Waals surface area contributed by atoms with Crippen LogP contribution in [0.2, 0.25) is 0 Å². The summed E-state index contributed by atoms with van der Waals surface area (Å²) in [6.07, 6.45) is 1.97. The summed E-state index contributed by atoms with van der Waals surface area (Å²) in [5.74, 6) is 1.09. The van der Waals surface area contributed by atoms with Crippen LogP contribution in [-0.2, 0) is 12.8 Å². The number of nitrogens with zero attached hydrogens (tertiary/aromatic N) is 3. The van der Waals surface area contributed by atoms with Crippen molar-refractivity contribution in [2.45, 2.75) is 54.4 Å². The molecule has 0 amide bonds. The molecule has 0 bridgehead atoms. The molecule has 0 aliphatic rings. The van der Waals surface area contributed by atoms with Crippen molar-refractivity contribution >= 4 is 11.2 Å². The molecule has 0 unspecified atom stereocenters. The molecule has 3 aromatic rings. The summed E-state index contributed by atoms with van der Waals surface area (Å²) in [5.41, 5.74) is 6.87. The second kappa shape index (κ2) is 6.04. The van der Waals surface area contributed by atoms with Crippen molar-refractivity contribution in [2.75, 3.05) is 0 Å². The van der Waals surface area contributed by atoms with Crippen LogP contribution in [-0.4, -0.2) is 14.5 Å². The van der Waals surface area contributed by atoms with E-state index < -0.39 is 0 Å². The number of imidazole rings is 1. The Bertz CT molecular complexity index is 865. The lowest BCUT2D eigenvalue weighted by Gasteiger charge is -2.18. The number of aryl methyl sites for hydroxylation is 3. The normalized spacial score (nSPS) is 12.1. The molecular formula is C21H27N3. The molecular weight excluding hydrogens is 294 g/mol. The first-order valence-electron chi connectivity index (χ1n) is 8.73.